The quantitative estimate of drug-likeness (QED) is 0.275. The van der Waals surface area contributed by atoms with Crippen molar-refractivity contribution in [3.05, 3.63) is 123 Å². The molecule has 0 aliphatic rings. The van der Waals surface area contributed by atoms with Gasteiger partial charge in [0.05, 0.1) is 12.6 Å². The molecule has 0 aliphatic heterocycles. The van der Waals surface area contributed by atoms with E-state index >= 15 is 0 Å². The molecule has 0 aliphatic carbocycles. The van der Waals surface area contributed by atoms with E-state index in [9.17, 15) is 4.79 Å². The summed E-state index contributed by atoms with van der Waals surface area (Å²) in [6, 6.07) is 26.9. The van der Waals surface area contributed by atoms with Gasteiger partial charge in [0.15, 0.2) is 5.82 Å². The molecule has 1 N–H and O–H groups in total. The molecule has 3 aromatic carbocycles. The van der Waals surface area contributed by atoms with Crippen LogP contribution in [0.15, 0.2) is 83.7 Å². The van der Waals surface area contributed by atoms with Crippen molar-refractivity contribution in [2.24, 2.45) is 0 Å². The third-order valence-corrected chi connectivity index (χ3v) is 7.30. The number of aromatic nitrogens is 5. The second kappa shape index (κ2) is 11.5. The van der Waals surface area contributed by atoms with Crippen LogP contribution in [0.4, 0.5) is 0 Å². The minimum atomic E-state index is -0.0517. The largest absolute Gasteiger partial charge is 0.322 e. The maximum atomic E-state index is 13.2. The van der Waals surface area contributed by atoms with Gasteiger partial charge in [-0.25, -0.2) is 4.68 Å². The summed E-state index contributed by atoms with van der Waals surface area (Å²) < 4.78 is 1.88. The molecule has 2 aromatic heterocycles. The Morgan fingerprint density at radius 1 is 0.921 bits per heavy atom. The average molecular weight is 507 g/mol. The molecule has 2 heterocycles. The van der Waals surface area contributed by atoms with Crippen LogP contribution in [0, 0.1) is 13.8 Å². The third-order valence-electron chi connectivity index (χ3n) is 7.30. The van der Waals surface area contributed by atoms with Crippen LogP contribution in [0.1, 0.15) is 53.0 Å². The molecule has 0 saturated heterocycles. The van der Waals surface area contributed by atoms with Crippen LogP contribution in [-0.2, 0) is 19.5 Å². The second-order valence-corrected chi connectivity index (χ2v) is 9.96. The van der Waals surface area contributed by atoms with Crippen LogP contribution in [-0.4, -0.2) is 36.6 Å². The number of hydrogen-bond acceptors (Lipinski definition) is 5. The van der Waals surface area contributed by atoms with Gasteiger partial charge in [-0.05, 0) is 83.0 Å². The van der Waals surface area contributed by atoms with Crippen molar-refractivity contribution in [2.75, 3.05) is 6.54 Å². The van der Waals surface area contributed by atoms with E-state index in [1.807, 2.05) is 35.0 Å². The predicted octanol–water partition coefficient (Wildman–Crippen LogP) is 5.38. The lowest BCUT2D eigenvalue weighted by Crippen LogP contribution is -2.34. The molecule has 5 aromatic rings. The first-order valence-corrected chi connectivity index (χ1v) is 13.2. The molecule has 7 nitrogen and oxygen atoms in total. The summed E-state index contributed by atoms with van der Waals surface area (Å²) in [5, 5.41) is 13.9. The number of nitrogens with zero attached hydrogens (tertiary/aromatic N) is 5. The first-order chi connectivity index (χ1) is 18.5. The highest BCUT2D eigenvalue weighted by Crippen LogP contribution is 2.26. The Morgan fingerprint density at radius 3 is 2.32 bits per heavy atom. The van der Waals surface area contributed by atoms with Crippen molar-refractivity contribution in [1.29, 1.82) is 0 Å². The Balaban J connectivity index is 1.49. The van der Waals surface area contributed by atoms with Gasteiger partial charge in [-0.1, -0.05) is 67.6 Å². The molecule has 0 bridgehead atoms. The number of hydrogen-bond donors (Lipinski definition) is 1. The summed E-state index contributed by atoms with van der Waals surface area (Å²) in [5.74, 6) is 0.813. The van der Waals surface area contributed by atoms with E-state index in [2.05, 4.69) is 94.7 Å². The van der Waals surface area contributed by atoms with Crippen molar-refractivity contribution in [2.45, 2.75) is 52.7 Å². The highest BCUT2D eigenvalue weighted by atomic mass is 16.1. The number of H-pyrrole nitrogens is 1. The molecule has 0 saturated carbocycles. The van der Waals surface area contributed by atoms with Crippen LogP contribution in [0.5, 0.6) is 0 Å². The Hall–Kier alpha value is -4.10. The van der Waals surface area contributed by atoms with E-state index < -0.39 is 0 Å². The maximum Gasteiger partial charge on any atom is 0.252 e. The highest BCUT2D eigenvalue weighted by Gasteiger charge is 2.26. The van der Waals surface area contributed by atoms with E-state index in [1.165, 1.54) is 16.7 Å². The van der Waals surface area contributed by atoms with E-state index in [0.717, 1.165) is 47.2 Å². The molecule has 1 unspecified atom stereocenters. The van der Waals surface area contributed by atoms with Gasteiger partial charge in [-0.3, -0.25) is 9.69 Å². The molecular formula is C31H34N6O. The zero-order valence-electron chi connectivity index (χ0n) is 22.3. The SMILES string of the molecule is CCC(c1nnnn1Cc1ccccc1)N(CCc1ccccc1)Cc1cc2cc(C)c(C)cc2[nH]c1=O. The fourth-order valence-corrected chi connectivity index (χ4v) is 5.04. The summed E-state index contributed by atoms with van der Waals surface area (Å²) >= 11 is 0. The smallest absolute Gasteiger partial charge is 0.252 e. The molecule has 0 radical (unpaired) electrons. The van der Waals surface area contributed by atoms with Gasteiger partial charge >= 0.3 is 0 Å². The topological polar surface area (TPSA) is 79.7 Å². The first kappa shape index (κ1) is 25.5. The summed E-state index contributed by atoms with van der Waals surface area (Å²) in [4.78, 5) is 18.7. The molecular weight excluding hydrogens is 472 g/mol. The number of benzene rings is 3. The van der Waals surface area contributed by atoms with Crippen molar-refractivity contribution < 1.29 is 0 Å². The Morgan fingerprint density at radius 2 is 1.61 bits per heavy atom. The van der Waals surface area contributed by atoms with Crippen molar-refractivity contribution in [3.63, 3.8) is 0 Å². The van der Waals surface area contributed by atoms with E-state index in [1.54, 1.807) is 0 Å². The number of nitrogens with one attached hydrogen (secondary N) is 1. The molecule has 1 atom stereocenters. The van der Waals surface area contributed by atoms with Gasteiger partial charge in [0.25, 0.3) is 5.56 Å². The lowest BCUT2D eigenvalue weighted by atomic mass is 10.0. The number of aromatic amines is 1. The number of rotatable bonds is 10. The Kier molecular flexibility index (Phi) is 7.75. The second-order valence-electron chi connectivity index (χ2n) is 9.96. The van der Waals surface area contributed by atoms with Crippen molar-refractivity contribution >= 4 is 10.9 Å². The monoisotopic (exact) mass is 506 g/mol. The predicted molar refractivity (Wildman–Crippen MR) is 151 cm³/mol. The molecule has 0 amide bonds. The Bertz CT molecular complexity index is 1560. The van der Waals surface area contributed by atoms with Crippen molar-refractivity contribution in [1.82, 2.24) is 30.1 Å². The number of fused-ring (bicyclic) bond motifs is 1. The van der Waals surface area contributed by atoms with Crippen molar-refractivity contribution in [3.8, 4) is 0 Å². The van der Waals surface area contributed by atoms with Gasteiger partial charge < -0.3 is 4.98 Å². The van der Waals surface area contributed by atoms with Gasteiger partial charge in [0.1, 0.15) is 0 Å². The van der Waals surface area contributed by atoms with Gasteiger partial charge in [-0.2, -0.15) is 0 Å². The van der Waals surface area contributed by atoms with Gasteiger partial charge in [0, 0.05) is 24.2 Å². The minimum Gasteiger partial charge on any atom is -0.322 e. The fourth-order valence-electron chi connectivity index (χ4n) is 5.04. The van der Waals surface area contributed by atoms with Crippen LogP contribution in [0.25, 0.3) is 10.9 Å². The lowest BCUT2D eigenvalue weighted by molar-refractivity contribution is 0.172. The summed E-state index contributed by atoms with van der Waals surface area (Å²) in [6.07, 6.45) is 1.68. The maximum absolute atomic E-state index is 13.2. The highest BCUT2D eigenvalue weighted by molar-refractivity contribution is 5.80. The van der Waals surface area contributed by atoms with E-state index in [4.69, 9.17) is 0 Å². The number of tetrazole rings is 1. The summed E-state index contributed by atoms with van der Waals surface area (Å²) in [7, 11) is 0. The average Bonchev–Trinajstić information content (AvgIpc) is 3.38. The normalized spacial score (nSPS) is 12.3. The van der Waals surface area contributed by atoms with E-state index in [-0.39, 0.29) is 11.6 Å². The summed E-state index contributed by atoms with van der Waals surface area (Å²) in [5.41, 5.74) is 6.35. The molecule has 0 fully saturated rings. The zero-order valence-corrected chi connectivity index (χ0v) is 22.3. The van der Waals surface area contributed by atoms with Gasteiger partial charge in [-0.15, -0.1) is 5.10 Å². The summed E-state index contributed by atoms with van der Waals surface area (Å²) in [6.45, 7) is 8.19. The molecule has 7 heteroatoms. The van der Waals surface area contributed by atoms with Gasteiger partial charge in [0.2, 0.25) is 0 Å². The van der Waals surface area contributed by atoms with E-state index in [0.29, 0.717) is 13.1 Å². The first-order valence-electron chi connectivity index (χ1n) is 13.2. The van der Waals surface area contributed by atoms with Crippen LogP contribution in [0.2, 0.25) is 0 Å². The molecule has 38 heavy (non-hydrogen) atoms. The Labute approximate surface area is 223 Å². The molecule has 194 valence electrons. The zero-order chi connectivity index (χ0) is 26.5. The number of pyridine rings is 1. The van der Waals surface area contributed by atoms with Crippen LogP contribution in [0.3, 0.4) is 0 Å². The lowest BCUT2D eigenvalue weighted by Gasteiger charge is -2.30. The minimum absolute atomic E-state index is 0.0488. The van der Waals surface area contributed by atoms with Crippen LogP contribution >= 0.6 is 0 Å². The molecule has 0 spiro atoms. The standard InChI is InChI=1S/C31H34N6O/c1-4-29(30-33-34-35-37(30)20-25-13-9-6-10-14-25)36(16-15-24-11-7-5-8-12-24)21-27-19-26-17-22(2)23(3)18-28(26)32-31(27)38/h5-14,17-19,29H,4,15-16,20-21H2,1-3H3,(H,32,38). The third kappa shape index (κ3) is 5.73. The van der Waals surface area contributed by atoms with Crippen LogP contribution < -0.4 is 5.56 Å². The number of aryl methyl sites for hydroxylation is 2. The fraction of sp³-hybridized carbons (Fsp3) is 0.290. The molecule has 5 rings (SSSR count).